The molecule has 2 N–H and O–H groups in total. The zero-order valence-corrected chi connectivity index (χ0v) is 9.62. The molecule has 2 rings (SSSR count). The van der Waals surface area contributed by atoms with E-state index in [1.807, 2.05) is 35.2 Å². The van der Waals surface area contributed by atoms with Gasteiger partial charge in [0.25, 0.3) is 0 Å². The van der Waals surface area contributed by atoms with Gasteiger partial charge in [0.2, 0.25) is 0 Å². The number of carbonyl (C=O) groups is 1. The van der Waals surface area contributed by atoms with Crippen molar-refractivity contribution < 1.29 is 15.0 Å². The van der Waals surface area contributed by atoms with Gasteiger partial charge in [-0.25, -0.2) is 0 Å². The van der Waals surface area contributed by atoms with Crippen LogP contribution in [0.25, 0.3) is 0 Å². The van der Waals surface area contributed by atoms with Crippen molar-refractivity contribution in [3.8, 4) is 0 Å². The summed E-state index contributed by atoms with van der Waals surface area (Å²) in [6.07, 6.45) is 0.139. The minimum Gasteiger partial charge on any atom is -0.481 e. The van der Waals surface area contributed by atoms with Gasteiger partial charge in [-0.2, -0.15) is 0 Å². The van der Waals surface area contributed by atoms with Crippen molar-refractivity contribution in [1.82, 2.24) is 4.90 Å². The van der Waals surface area contributed by atoms with Crippen molar-refractivity contribution in [2.24, 2.45) is 5.92 Å². The summed E-state index contributed by atoms with van der Waals surface area (Å²) in [5, 5.41) is 18.9. The van der Waals surface area contributed by atoms with Gasteiger partial charge in [0, 0.05) is 13.1 Å². The van der Waals surface area contributed by atoms with Crippen LogP contribution in [0.5, 0.6) is 0 Å². The molecule has 0 aromatic heterocycles. The Morgan fingerprint density at radius 2 is 2.12 bits per heavy atom. The molecule has 17 heavy (non-hydrogen) atoms. The summed E-state index contributed by atoms with van der Waals surface area (Å²) in [4.78, 5) is 12.8. The Morgan fingerprint density at radius 3 is 2.71 bits per heavy atom. The molecular formula is C13H17NO3. The van der Waals surface area contributed by atoms with E-state index in [0.29, 0.717) is 19.5 Å². The quantitative estimate of drug-likeness (QED) is 0.821. The molecule has 92 valence electrons. The summed E-state index contributed by atoms with van der Waals surface area (Å²) in [5.74, 6) is -1.01. The van der Waals surface area contributed by atoms with Crippen molar-refractivity contribution in [3.63, 3.8) is 0 Å². The predicted octanol–water partition coefficient (Wildman–Crippen LogP) is 1.13. The number of aliphatic hydroxyl groups excluding tert-OH is 1. The van der Waals surface area contributed by atoms with Crippen LogP contribution in [0.3, 0.4) is 0 Å². The lowest BCUT2D eigenvalue weighted by molar-refractivity contribution is -0.141. The van der Waals surface area contributed by atoms with Crippen LogP contribution < -0.4 is 0 Å². The largest absolute Gasteiger partial charge is 0.481 e. The highest BCUT2D eigenvalue weighted by molar-refractivity contribution is 5.70. The molecule has 1 saturated heterocycles. The van der Waals surface area contributed by atoms with Crippen LogP contribution in [0.4, 0.5) is 0 Å². The molecule has 2 unspecified atom stereocenters. The second kappa shape index (κ2) is 5.29. The van der Waals surface area contributed by atoms with Gasteiger partial charge in [-0.15, -0.1) is 0 Å². The Morgan fingerprint density at radius 1 is 1.41 bits per heavy atom. The maximum atomic E-state index is 10.8. The molecule has 0 amide bonds. The highest BCUT2D eigenvalue weighted by Crippen LogP contribution is 2.20. The first kappa shape index (κ1) is 12.1. The molecule has 1 aliphatic rings. The number of carboxylic acid groups (broad SMARTS) is 1. The van der Waals surface area contributed by atoms with Gasteiger partial charge in [0.1, 0.15) is 0 Å². The fourth-order valence-electron chi connectivity index (χ4n) is 2.23. The molecule has 0 radical (unpaired) electrons. The van der Waals surface area contributed by atoms with Gasteiger partial charge in [-0.05, 0) is 18.5 Å². The number of benzene rings is 1. The first-order valence-corrected chi connectivity index (χ1v) is 5.85. The van der Waals surface area contributed by atoms with Gasteiger partial charge in [0.05, 0.1) is 12.0 Å². The lowest BCUT2D eigenvalue weighted by Crippen LogP contribution is -2.27. The Bertz CT molecular complexity index is 380. The smallest absolute Gasteiger partial charge is 0.307 e. The summed E-state index contributed by atoms with van der Waals surface area (Å²) in [6.45, 7) is 1.80. The average molecular weight is 235 g/mol. The van der Waals surface area contributed by atoms with Gasteiger partial charge in [-0.1, -0.05) is 30.3 Å². The highest BCUT2D eigenvalue weighted by atomic mass is 16.4. The number of nitrogens with zero attached hydrogens (tertiary/aromatic N) is 1. The minimum atomic E-state index is -0.735. The summed E-state index contributed by atoms with van der Waals surface area (Å²) in [5.41, 5.74) is 0.881. The number of hydrogen-bond acceptors (Lipinski definition) is 3. The Labute approximate surface area is 100 Å². The Balaban J connectivity index is 1.88. The predicted molar refractivity (Wildman–Crippen MR) is 63.6 cm³/mol. The number of aliphatic hydroxyl groups is 1. The third kappa shape index (κ3) is 3.05. The monoisotopic (exact) mass is 235 g/mol. The van der Waals surface area contributed by atoms with Crippen LogP contribution in [0.15, 0.2) is 30.3 Å². The van der Waals surface area contributed by atoms with Crippen molar-refractivity contribution in [3.05, 3.63) is 35.9 Å². The highest BCUT2D eigenvalue weighted by Gasteiger charge is 2.28. The van der Waals surface area contributed by atoms with E-state index in [2.05, 4.69) is 0 Å². The normalized spacial score (nSPS) is 22.5. The average Bonchev–Trinajstić information content (AvgIpc) is 2.79. The zero-order valence-electron chi connectivity index (χ0n) is 9.62. The molecule has 2 atom stereocenters. The third-order valence-electron chi connectivity index (χ3n) is 3.24. The molecule has 1 heterocycles. The van der Waals surface area contributed by atoms with Crippen LogP contribution in [-0.2, 0) is 4.79 Å². The fourth-order valence-corrected chi connectivity index (χ4v) is 2.23. The molecule has 0 aliphatic carbocycles. The summed E-state index contributed by atoms with van der Waals surface area (Å²) >= 11 is 0. The van der Waals surface area contributed by atoms with Crippen molar-refractivity contribution >= 4 is 5.97 Å². The number of likely N-dealkylation sites (tertiary alicyclic amines) is 1. The zero-order chi connectivity index (χ0) is 12.3. The van der Waals surface area contributed by atoms with E-state index >= 15 is 0 Å². The molecule has 1 fully saturated rings. The minimum absolute atomic E-state index is 0.280. The van der Waals surface area contributed by atoms with E-state index in [4.69, 9.17) is 5.11 Å². The van der Waals surface area contributed by atoms with Gasteiger partial charge >= 0.3 is 5.97 Å². The maximum Gasteiger partial charge on any atom is 0.307 e. The lowest BCUT2D eigenvalue weighted by atomic mass is 10.1. The second-order valence-electron chi connectivity index (χ2n) is 4.51. The molecule has 0 bridgehead atoms. The van der Waals surface area contributed by atoms with Crippen LogP contribution in [0, 0.1) is 5.92 Å². The molecular weight excluding hydrogens is 218 g/mol. The second-order valence-corrected chi connectivity index (χ2v) is 4.51. The summed E-state index contributed by atoms with van der Waals surface area (Å²) < 4.78 is 0. The Kier molecular flexibility index (Phi) is 3.76. The molecule has 1 aromatic rings. The van der Waals surface area contributed by atoms with Gasteiger partial charge in [-0.3, -0.25) is 9.69 Å². The van der Waals surface area contributed by atoms with Crippen LogP contribution in [0.2, 0.25) is 0 Å². The standard InChI is InChI=1S/C13H17NO3/c15-12(10-4-2-1-3-5-10)9-14-7-6-11(8-14)13(16)17/h1-5,11-12,15H,6-9H2,(H,16,17). The molecule has 4 heteroatoms. The number of aliphatic carboxylic acids is 1. The van der Waals surface area contributed by atoms with E-state index in [9.17, 15) is 9.90 Å². The molecule has 1 aromatic carbocycles. The van der Waals surface area contributed by atoms with Crippen LogP contribution in [0.1, 0.15) is 18.1 Å². The molecule has 0 saturated carbocycles. The summed E-state index contributed by atoms with van der Waals surface area (Å²) in [7, 11) is 0. The summed E-state index contributed by atoms with van der Waals surface area (Å²) in [6, 6.07) is 9.46. The van der Waals surface area contributed by atoms with Crippen molar-refractivity contribution in [1.29, 1.82) is 0 Å². The lowest BCUT2D eigenvalue weighted by Gasteiger charge is -2.19. The van der Waals surface area contributed by atoms with E-state index in [-0.39, 0.29) is 5.92 Å². The molecule has 0 spiro atoms. The maximum absolute atomic E-state index is 10.8. The molecule has 4 nitrogen and oxygen atoms in total. The van der Waals surface area contributed by atoms with Gasteiger partial charge < -0.3 is 10.2 Å². The number of rotatable bonds is 4. The first-order valence-electron chi connectivity index (χ1n) is 5.85. The molecule has 1 aliphatic heterocycles. The Hall–Kier alpha value is -1.39. The topological polar surface area (TPSA) is 60.8 Å². The van der Waals surface area contributed by atoms with Crippen molar-refractivity contribution in [2.45, 2.75) is 12.5 Å². The SMILES string of the molecule is O=C(O)C1CCN(CC(O)c2ccccc2)C1. The van der Waals surface area contributed by atoms with Crippen molar-refractivity contribution in [2.75, 3.05) is 19.6 Å². The van der Waals surface area contributed by atoms with Gasteiger partial charge in [0.15, 0.2) is 0 Å². The van der Waals surface area contributed by atoms with E-state index in [1.54, 1.807) is 0 Å². The number of hydrogen-bond donors (Lipinski definition) is 2. The number of carboxylic acids is 1. The van der Waals surface area contributed by atoms with E-state index < -0.39 is 12.1 Å². The van der Waals surface area contributed by atoms with Crippen LogP contribution >= 0.6 is 0 Å². The third-order valence-corrected chi connectivity index (χ3v) is 3.24. The number of β-amino-alcohol motifs (C(OH)–C–C–N with tert-alkyl or cyclic N) is 1. The fraction of sp³-hybridized carbons (Fsp3) is 0.462. The van der Waals surface area contributed by atoms with E-state index in [1.165, 1.54) is 0 Å². The van der Waals surface area contributed by atoms with E-state index in [0.717, 1.165) is 12.1 Å². The van der Waals surface area contributed by atoms with Crippen LogP contribution in [-0.4, -0.2) is 40.7 Å². The first-order chi connectivity index (χ1) is 8.16.